The largest absolute Gasteiger partial charge is 0.289 e. The lowest BCUT2D eigenvalue weighted by molar-refractivity contribution is 0.114. The Kier molecular flexibility index (Phi) is 2.83. The standard InChI is InChI=1S/C18H17ClN4/c19-14-7-5-13(6-8-14)18-17-15-3-1-2-4-16(15)21-23(17)12-11-22(18)10-9-20-18/h1-8,20H,9-12H2. The van der Waals surface area contributed by atoms with E-state index in [4.69, 9.17) is 16.7 Å². The van der Waals surface area contributed by atoms with Crippen LogP contribution in [0, 0.1) is 0 Å². The second-order valence-electron chi connectivity index (χ2n) is 6.22. The Bertz CT molecular complexity index is 886. The summed E-state index contributed by atoms with van der Waals surface area (Å²) in [4.78, 5) is 2.53. The van der Waals surface area contributed by atoms with Crippen molar-refractivity contribution in [1.29, 1.82) is 0 Å². The second kappa shape index (κ2) is 4.81. The van der Waals surface area contributed by atoms with Gasteiger partial charge in [0.15, 0.2) is 0 Å². The van der Waals surface area contributed by atoms with Gasteiger partial charge in [-0.2, -0.15) is 5.10 Å². The average molecular weight is 325 g/mol. The molecule has 5 rings (SSSR count). The lowest BCUT2D eigenvalue weighted by atomic mass is 9.91. The van der Waals surface area contributed by atoms with Gasteiger partial charge < -0.3 is 0 Å². The van der Waals surface area contributed by atoms with Crippen molar-refractivity contribution in [1.82, 2.24) is 20.0 Å². The fourth-order valence-electron chi connectivity index (χ4n) is 4.12. The molecule has 3 heterocycles. The van der Waals surface area contributed by atoms with Gasteiger partial charge in [0, 0.05) is 30.0 Å². The molecule has 0 bridgehead atoms. The number of rotatable bonds is 1. The molecule has 1 atom stereocenters. The van der Waals surface area contributed by atoms with Crippen LogP contribution in [0.2, 0.25) is 5.02 Å². The van der Waals surface area contributed by atoms with Crippen LogP contribution in [-0.4, -0.2) is 34.3 Å². The predicted molar refractivity (Wildman–Crippen MR) is 91.5 cm³/mol. The molecule has 0 radical (unpaired) electrons. The summed E-state index contributed by atoms with van der Waals surface area (Å²) in [7, 11) is 0. The van der Waals surface area contributed by atoms with Crippen LogP contribution in [0.3, 0.4) is 0 Å². The minimum atomic E-state index is -0.307. The predicted octanol–water partition coefficient (Wildman–Crippen LogP) is 2.81. The molecule has 3 aromatic rings. The number of halogens is 1. The molecule has 2 aliphatic heterocycles. The summed E-state index contributed by atoms with van der Waals surface area (Å²) in [5.41, 5.74) is 3.23. The van der Waals surface area contributed by atoms with Gasteiger partial charge in [0.05, 0.1) is 17.8 Å². The number of hydrogen-bond acceptors (Lipinski definition) is 3. The van der Waals surface area contributed by atoms with Crippen molar-refractivity contribution in [2.24, 2.45) is 0 Å². The molecule has 5 heteroatoms. The van der Waals surface area contributed by atoms with Gasteiger partial charge in [0.1, 0.15) is 5.66 Å². The van der Waals surface area contributed by atoms with Gasteiger partial charge >= 0.3 is 0 Å². The zero-order valence-corrected chi connectivity index (χ0v) is 13.4. The molecule has 1 fully saturated rings. The lowest BCUT2D eigenvalue weighted by Gasteiger charge is -2.43. The van der Waals surface area contributed by atoms with Crippen LogP contribution in [0.1, 0.15) is 11.3 Å². The lowest BCUT2D eigenvalue weighted by Crippen LogP contribution is -2.55. The highest BCUT2D eigenvalue weighted by atomic mass is 35.5. The zero-order valence-electron chi connectivity index (χ0n) is 12.7. The summed E-state index contributed by atoms with van der Waals surface area (Å²) in [6.07, 6.45) is 0. The number of fused-ring (bicyclic) bond motifs is 5. The maximum atomic E-state index is 6.11. The summed E-state index contributed by atoms with van der Waals surface area (Å²) in [5, 5.41) is 10.6. The fraction of sp³-hybridized carbons (Fsp3) is 0.278. The monoisotopic (exact) mass is 324 g/mol. The first-order valence-corrected chi connectivity index (χ1v) is 8.39. The Morgan fingerprint density at radius 2 is 1.83 bits per heavy atom. The zero-order chi connectivity index (χ0) is 15.4. The van der Waals surface area contributed by atoms with Crippen LogP contribution in [-0.2, 0) is 12.2 Å². The third-order valence-corrected chi connectivity index (χ3v) is 5.32. The minimum Gasteiger partial charge on any atom is -0.289 e. The molecule has 0 saturated carbocycles. The topological polar surface area (TPSA) is 33.1 Å². The number of nitrogens with one attached hydrogen (secondary N) is 1. The van der Waals surface area contributed by atoms with E-state index in [-0.39, 0.29) is 5.66 Å². The molecule has 1 unspecified atom stereocenters. The summed E-state index contributed by atoms with van der Waals surface area (Å²) in [6.45, 7) is 3.95. The normalized spacial score (nSPS) is 23.9. The maximum absolute atomic E-state index is 6.11. The Hall–Kier alpha value is -1.88. The van der Waals surface area contributed by atoms with E-state index < -0.39 is 0 Å². The second-order valence-corrected chi connectivity index (χ2v) is 6.66. The Balaban J connectivity index is 1.84. The van der Waals surface area contributed by atoms with E-state index in [0.29, 0.717) is 0 Å². The smallest absolute Gasteiger partial charge is 0.142 e. The summed E-state index contributed by atoms with van der Waals surface area (Å²) >= 11 is 6.11. The fourth-order valence-corrected chi connectivity index (χ4v) is 4.24. The van der Waals surface area contributed by atoms with Gasteiger partial charge in [0.25, 0.3) is 0 Å². The van der Waals surface area contributed by atoms with Gasteiger partial charge in [0.2, 0.25) is 0 Å². The van der Waals surface area contributed by atoms with E-state index in [0.717, 1.165) is 36.7 Å². The molecule has 23 heavy (non-hydrogen) atoms. The van der Waals surface area contributed by atoms with Crippen molar-refractivity contribution in [2.45, 2.75) is 12.2 Å². The molecule has 2 aromatic carbocycles. The van der Waals surface area contributed by atoms with Gasteiger partial charge in [-0.05, 0) is 23.8 Å². The van der Waals surface area contributed by atoms with E-state index >= 15 is 0 Å². The highest BCUT2D eigenvalue weighted by molar-refractivity contribution is 6.30. The first kappa shape index (κ1) is 13.5. The van der Waals surface area contributed by atoms with E-state index in [1.807, 2.05) is 12.1 Å². The molecular formula is C18H17ClN4. The van der Waals surface area contributed by atoms with Gasteiger partial charge in [-0.1, -0.05) is 41.9 Å². The van der Waals surface area contributed by atoms with E-state index in [1.54, 1.807) is 0 Å². The van der Waals surface area contributed by atoms with Crippen LogP contribution >= 0.6 is 11.6 Å². The summed E-state index contributed by atoms with van der Waals surface area (Å²) < 4.78 is 2.17. The van der Waals surface area contributed by atoms with E-state index in [1.165, 1.54) is 16.6 Å². The van der Waals surface area contributed by atoms with Gasteiger partial charge in [-0.15, -0.1) is 0 Å². The highest BCUT2D eigenvalue weighted by Gasteiger charge is 2.49. The molecule has 0 amide bonds. The van der Waals surface area contributed by atoms with Crippen LogP contribution in [0.5, 0.6) is 0 Å². The van der Waals surface area contributed by atoms with Crippen molar-refractivity contribution in [2.75, 3.05) is 19.6 Å². The van der Waals surface area contributed by atoms with Crippen molar-refractivity contribution in [3.8, 4) is 0 Å². The molecular weight excluding hydrogens is 308 g/mol. The molecule has 1 N–H and O–H groups in total. The van der Waals surface area contributed by atoms with Crippen molar-refractivity contribution in [3.05, 3.63) is 64.8 Å². The highest BCUT2D eigenvalue weighted by Crippen LogP contribution is 2.42. The van der Waals surface area contributed by atoms with E-state index in [9.17, 15) is 0 Å². The number of hydrogen-bond donors (Lipinski definition) is 1. The van der Waals surface area contributed by atoms with Crippen LogP contribution in [0.15, 0.2) is 48.5 Å². The van der Waals surface area contributed by atoms with E-state index in [2.05, 4.69) is 51.3 Å². The van der Waals surface area contributed by atoms with Gasteiger partial charge in [-0.3, -0.25) is 14.9 Å². The Morgan fingerprint density at radius 1 is 1.00 bits per heavy atom. The Morgan fingerprint density at radius 3 is 2.70 bits per heavy atom. The molecule has 116 valence electrons. The minimum absolute atomic E-state index is 0.307. The summed E-state index contributed by atoms with van der Waals surface area (Å²) in [6, 6.07) is 16.6. The summed E-state index contributed by atoms with van der Waals surface area (Å²) in [5.74, 6) is 0. The molecule has 1 aromatic heterocycles. The number of benzene rings is 2. The van der Waals surface area contributed by atoms with Crippen molar-refractivity contribution in [3.63, 3.8) is 0 Å². The third-order valence-electron chi connectivity index (χ3n) is 5.07. The van der Waals surface area contributed by atoms with Crippen molar-refractivity contribution >= 4 is 22.5 Å². The molecule has 4 nitrogen and oxygen atoms in total. The third kappa shape index (κ3) is 1.77. The SMILES string of the molecule is Clc1ccc(C23NCCN2CCn2nc4ccccc4c23)cc1. The molecule has 2 aliphatic rings. The van der Waals surface area contributed by atoms with Crippen LogP contribution in [0.4, 0.5) is 0 Å². The van der Waals surface area contributed by atoms with Crippen molar-refractivity contribution < 1.29 is 0 Å². The number of aromatic nitrogens is 2. The quantitative estimate of drug-likeness (QED) is 0.747. The number of nitrogens with zero attached hydrogens (tertiary/aromatic N) is 3. The first-order chi connectivity index (χ1) is 11.3. The molecule has 1 saturated heterocycles. The van der Waals surface area contributed by atoms with Gasteiger partial charge in [-0.25, -0.2) is 0 Å². The molecule has 0 spiro atoms. The first-order valence-electron chi connectivity index (χ1n) is 8.01. The average Bonchev–Trinajstić information content (AvgIpc) is 3.16. The Labute approximate surface area is 139 Å². The molecule has 0 aliphatic carbocycles. The maximum Gasteiger partial charge on any atom is 0.142 e. The van der Waals surface area contributed by atoms with Crippen LogP contribution in [0.25, 0.3) is 10.9 Å². The van der Waals surface area contributed by atoms with Crippen LogP contribution < -0.4 is 5.32 Å².